The van der Waals surface area contributed by atoms with E-state index in [-0.39, 0.29) is 5.41 Å². The van der Waals surface area contributed by atoms with E-state index in [0.29, 0.717) is 6.04 Å². The van der Waals surface area contributed by atoms with Gasteiger partial charge in [0, 0.05) is 22.3 Å². The highest BCUT2D eigenvalue weighted by Gasteiger charge is 2.25. The van der Waals surface area contributed by atoms with E-state index in [2.05, 4.69) is 76.3 Å². The molecule has 2 aromatic rings. The van der Waals surface area contributed by atoms with Crippen LogP contribution in [0.2, 0.25) is 0 Å². The Balaban J connectivity index is 2.16. The fraction of sp³-hybridized carbons (Fsp3) is 0.444. The lowest BCUT2D eigenvalue weighted by atomic mass is 9.82. The third-order valence-corrected chi connectivity index (χ3v) is 4.65. The summed E-state index contributed by atoms with van der Waals surface area (Å²) in [5.41, 5.74) is 2.99. The second-order valence-electron chi connectivity index (χ2n) is 6.53. The zero-order chi connectivity index (χ0) is 14.8. The van der Waals surface area contributed by atoms with Crippen LogP contribution in [-0.2, 0) is 6.54 Å². The zero-order valence-corrected chi connectivity index (χ0v) is 14.0. The second kappa shape index (κ2) is 6.11. The summed E-state index contributed by atoms with van der Waals surface area (Å²) in [5, 5.41) is 3.75. The number of aryl methyl sites for hydroxylation is 2. The SMILES string of the molecule is Cc1cc(CNC(c2ccccc2)C(C)(C)C)c(C)s1. The van der Waals surface area contributed by atoms with Crippen LogP contribution in [0.15, 0.2) is 36.4 Å². The standard InChI is InChI=1S/C18H25NS/c1-13-11-16(14(2)20-13)12-19-17(18(3,4)5)15-9-7-6-8-10-15/h6-11,17,19H,12H2,1-5H3. The van der Waals surface area contributed by atoms with Gasteiger partial charge in [0.05, 0.1) is 0 Å². The Morgan fingerprint density at radius 3 is 2.25 bits per heavy atom. The molecule has 1 aromatic heterocycles. The molecule has 0 spiro atoms. The summed E-state index contributed by atoms with van der Waals surface area (Å²) in [6, 6.07) is 13.4. The maximum absolute atomic E-state index is 3.75. The van der Waals surface area contributed by atoms with Crippen molar-refractivity contribution in [2.24, 2.45) is 5.41 Å². The molecule has 108 valence electrons. The third kappa shape index (κ3) is 3.71. The van der Waals surface area contributed by atoms with Gasteiger partial charge in [-0.3, -0.25) is 0 Å². The van der Waals surface area contributed by atoms with Crippen LogP contribution in [0.5, 0.6) is 0 Å². The molecule has 2 heteroatoms. The number of nitrogens with one attached hydrogen (secondary N) is 1. The highest BCUT2D eigenvalue weighted by Crippen LogP contribution is 2.33. The topological polar surface area (TPSA) is 12.0 Å². The fourth-order valence-corrected chi connectivity index (χ4v) is 3.59. The first kappa shape index (κ1) is 15.3. The van der Waals surface area contributed by atoms with Crippen molar-refractivity contribution in [3.63, 3.8) is 0 Å². The van der Waals surface area contributed by atoms with Crippen LogP contribution >= 0.6 is 11.3 Å². The normalized spacial score (nSPS) is 13.4. The molecule has 1 atom stereocenters. The Bertz CT molecular complexity index is 549. The molecule has 0 aliphatic rings. The van der Waals surface area contributed by atoms with E-state index in [9.17, 15) is 0 Å². The smallest absolute Gasteiger partial charge is 0.0372 e. The van der Waals surface area contributed by atoms with Crippen molar-refractivity contribution in [2.45, 2.75) is 47.2 Å². The van der Waals surface area contributed by atoms with E-state index in [1.165, 1.54) is 20.9 Å². The number of hydrogen-bond donors (Lipinski definition) is 1. The molecule has 0 aliphatic carbocycles. The second-order valence-corrected chi connectivity index (χ2v) is 7.99. The monoisotopic (exact) mass is 287 g/mol. The molecule has 0 saturated carbocycles. The van der Waals surface area contributed by atoms with E-state index < -0.39 is 0 Å². The van der Waals surface area contributed by atoms with Crippen molar-refractivity contribution >= 4 is 11.3 Å². The summed E-state index contributed by atoms with van der Waals surface area (Å²) in [6.45, 7) is 12.2. The van der Waals surface area contributed by atoms with Crippen molar-refractivity contribution < 1.29 is 0 Å². The fourth-order valence-electron chi connectivity index (χ4n) is 2.64. The quantitative estimate of drug-likeness (QED) is 0.810. The Kier molecular flexibility index (Phi) is 4.66. The Morgan fingerprint density at radius 1 is 1.10 bits per heavy atom. The van der Waals surface area contributed by atoms with Gasteiger partial charge in [0.25, 0.3) is 0 Å². The van der Waals surface area contributed by atoms with Gasteiger partial charge in [0.15, 0.2) is 0 Å². The van der Waals surface area contributed by atoms with Crippen molar-refractivity contribution in [3.8, 4) is 0 Å². The molecule has 0 bridgehead atoms. The first-order valence-corrected chi connectivity index (χ1v) is 8.04. The summed E-state index contributed by atoms with van der Waals surface area (Å²) < 4.78 is 0. The molecular weight excluding hydrogens is 262 g/mol. The molecule has 0 saturated heterocycles. The summed E-state index contributed by atoms with van der Waals surface area (Å²) in [6.07, 6.45) is 0. The number of rotatable bonds is 4. The molecule has 1 nitrogen and oxygen atoms in total. The minimum absolute atomic E-state index is 0.195. The summed E-state index contributed by atoms with van der Waals surface area (Å²) in [4.78, 5) is 2.82. The van der Waals surface area contributed by atoms with Crippen molar-refractivity contribution in [1.29, 1.82) is 0 Å². The van der Waals surface area contributed by atoms with Gasteiger partial charge < -0.3 is 5.32 Å². The van der Waals surface area contributed by atoms with Gasteiger partial charge in [-0.1, -0.05) is 51.1 Å². The van der Waals surface area contributed by atoms with Crippen LogP contribution in [0.4, 0.5) is 0 Å². The van der Waals surface area contributed by atoms with Gasteiger partial charge in [-0.2, -0.15) is 0 Å². The van der Waals surface area contributed by atoms with Crippen molar-refractivity contribution in [1.82, 2.24) is 5.32 Å². The first-order valence-electron chi connectivity index (χ1n) is 7.22. The molecule has 1 N–H and O–H groups in total. The molecular formula is C18H25NS. The molecule has 0 fully saturated rings. The van der Waals surface area contributed by atoms with Crippen molar-refractivity contribution in [3.05, 3.63) is 57.3 Å². The molecule has 0 aliphatic heterocycles. The highest BCUT2D eigenvalue weighted by atomic mass is 32.1. The van der Waals surface area contributed by atoms with Gasteiger partial charge in [-0.25, -0.2) is 0 Å². The minimum Gasteiger partial charge on any atom is -0.305 e. The molecule has 2 rings (SSSR count). The van der Waals surface area contributed by atoms with Crippen LogP contribution in [-0.4, -0.2) is 0 Å². The van der Waals surface area contributed by atoms with E-state index >= 15 is 0 Å². The number of thiophene rings is 1. The molecule has 1 heterocycles. The molecule has 0 radical (unpaired) electrons. The molecule has 20 heavy (non-hydrogen) atoms. The minimum atomic E-state index is 0.195. The molecule has 0 amide bonds. The molecule has 1 unspecified atom stereocenters. The summed E-state index contributed by atoms with van der Waals surface area (Å²) in [7, 11) is 0. The van der Waals surface area contributed by atoms with Gasteiger partial charge in [0.2, 0.25) is 0 Å². The Morgan fingerprint density at radius 2 is 1.75 bits per heavy atom. The van der Waals surface area contributed by atoms with Crippen LogP contribution in [0, 0.1) is 19.3 Å². The van der Waals surface area contributed by atoms with Gasteiger partial charge in [-0.05, 0) is 36.5 Å². The predicted molar refractivity (Wildman–Crippen MR) is 89.3 cm³/mol. The van der Waals surface area contributed by atoms with E-state index in [4.69, 9.17) is 0 Å². The summed E-state index contributed by atoms with van der Waals surface area (Å²) in [5.74, 6) is 0. The van der Waals surface area contributed by atoms with Crippen LogP contribution in [0.1, 0.15) is 47.7 Å². The van der Waals surface area contributed by atoms with Crippen LogP contribution in [0.3, 0.4) is 0 Å². The van der Waals surface area contributed by atoms with Crippen LogP contribution in [0.25, 0.3) is 0 Å². The van der Waals surface area contributed by atoms with E-state index in [1.807, 2.05) is 11.3 Å². The lowest BCUT2D eigenvalue weighted by Gasteiger charge is -2.32. The van der Waals surface area contributed by atoms with Gasteiger partial charge in [0.1, 0.15) is 0 Å². The third-order valence-electron chi connectivity index (χ3n) is 3.64. The number of hydrogen-bond acceptors (Lipinski definition) is 2. The highest BCUT2D eigenvalue weighted by molar-refractivity contribution is 7.12. The van der Waals surface area contributed by atoms with Crippen molar-refractivity contribution in [2.75, 3.05) is 0 Å². The predicted octanol–water partition coefficient (Wildman–Crippen LogP) is 5.24. The largest absolute Gasteiger partial charge is 0.305 e. The van der Waals surface area contributed by atoms with Gasteiger partial charge >= 0.3 is 0 Å². The lowest BCUT2D eigenvalue weighted by molar-refractivity contribution is 0.271. The average Bonchev–Trinajstić information content (AvgIpc) is 2.68. The molecule has 1 aromatic carbocycles. The summed E-state index contributed by atoms with van der Waals surface area (Å²) >= 11 is 1.88. The van der Waals surface area contributed by atoms with Crippen LogP contribution < -0.4 is 5.32 Å². The zero-order valence-electron chi connectivity index (χ0n) is 13.2. The Labute approximate surface area is 127 Å². The van der Waals surface area contributed by atoms with E-state index in [1.54, 1.807) is 0 Å². The maximum atomic E-state index is 3.75. The average molecular weight is 287 g/mol. The maximum Gasteiger partial charge on any atom is 0.0372 e. The number of benzene rings is 1. The Hall–Kier alpha value is -1.12. The van der Waals surface area contributed by atoms with Gasteiger partial charge in [-0.15, -0.1) is 11.3 Å². The lowest BCUT2D eigenvalue weighted by Crippen LogP contribution is -2.32. The first-order chi connectivity index (χ1) is 9.38. The van der Waals surface area contributed by atoms with E-state index in [0.717, 1.165) is 6.54 Å².